The van der Waals surface area contributed by atoms with Crippen LogP contribution in [0, 0.1) is 13.8 Å². The standard InChI is InChI=1S/C38H46N12O6/c1-7-49-29(15-21(5)45-49)35(53)43-37-41-25-17-23(33(39)51)11-13-27(25)47(37)19-31(55-9-3)32(56-10-4)20-48-28-14-12-24(34(40)52)18-26(28)42-38(48)44-36(54)30-16-22(6)46-50(30)8-2/h11-18,31-32H,7-10,19-20H2,1-6H3,(H2,39,51)(H2,40,52)(H,41,43,53)(H,42,44,54)/t31-,32-/m1/s1. The van der Waals surface area contributed by atoms with Crippen molar-refractivity contribution in [2.75, 3.05) is 23.8 Å². The van der Waals surface area contributed by atoms with Gasteiger partial charge in [-0.2, -0.15) is 10.2 Å². The van der Waals surface area contributed by atoms with E-state index >= 15 is 0 Å². The van der Waals surface area contributed by atoms with Gasteiger partial charge in [0.25, 0.3) is 11.8 Å². The van der Waals surface area contributed by atoms with Crippen LogP contribution in [0.2, 0.25) is 0 Å². The molecule has 0 saturated heterocycles. The summed E-state index contributed by atoms with van der Waals surface area (Å²) in [6, 6.07) is 13.1. The van der Waals surface area contributed by atoms with E-state index in [4.69, 9.17) is 30.9 Å². The second-order valence-corrected chi connectivity index (χ2v) is 13.1. The average Bonchev–Trinajstić information content (AvgIpc) is 3.93. The number of carbonyl (C=O) groups excluding carboxylic acids is 4. The molecule has 2 aromatic carbocycles. The number of nitrogens with two attached hydrogens (primary N) is 2. The molecule has 4 aromatic heterocycles. The molecule has 6 N–H and O–H groups in total. The molecule has 6 rings (SSSR count). The lowest BCUT2D eigenvalue weighted by atomic mass is 10.1. The normalized spacial score (nSPS) is 12.6. The molecule has 0 aliphatic rings. The Kier molecular flexibility index (Phi) is 11.6. The van der Waals surface area contributed by atoms with E-state index in [-0.39, 0.29) is 36.1 Å². The number of imidazole rings is 2. The Morgan fingerprint density at radius 1 is 0.643 bits per heavy atom. The Hall–Kier alpha value is -6.40. The Bertz CT molecular complexity index is 2270. The predicted molar refractivity (Wildman–Crippen MR) is 209 cm³/mol. The summed E-state index contributed by atoms with van der Waals surface area (Å²) < 4.78 is 19.6. The molecule has 6 aromatic rings. The largest absolute Gasteiger partial charge is 0.374 e. The number of rotatable bonds is 17. The predicted octanol–water partition coefficient (Wildman–Crippen LogP) is 3.65. The number of anilines is 2. The summed E-state index contributed by atoms with van der Waals surface area (Å²) in [5.74, 6) is -1.68. The molecular weight excluding hydrogens is 720 g/mol. The first-order valence-corrected chi connectivity index (χ1v) is 18.4. The van der Waals surface area contributed by atoms with Crippen molar-refractivity contribution in [2.24, 2.45) is 11.5 Å². The summed E-state index contributed by atoms with van der Waals surface area (Å²) >= 11 is 0. The van der Waals surface area contributed by atoms with E-state index in [1.807, 2.05) is 41.5 Å². The lowest BCUT2D eigenvalue weighted by Gasteiger charge is -2.29. The van der Waals surface area contributed by atoms with Crippen molar-refractivity contribution < 1.29 is 28.7 Å². The zero-order valence-corrected chi connectivity index (χ0v) is 32.2. The number of nitrogens with zero attached hydrogens (tertiary/aromatic N) is 8. The fourth-order valence-corrected chi connectivity index (χ4v) is 6.74. The molecule has 0 aliphatic carbocycles. The van der Waals surface area contributed by atoms with Crippen LogP contribution >= 0.6 is 0 Å². The van der Waals surface area contributed by atoms with E-state index in [9.17, 15) is 19.2 Å². The van der Waals surface area contributed by atoms with Gasteiger partial charge in [0.2, 0.25) is 23.7 Å². The smallest absolute Gasteiger partial charge is 0.276 e. The van der Waals surface area contributed by atoms with Crippen LogP contribution in [0.5, 0.6) is 0 Å². The number of fused-ring (bicyclic) bond motifs is 2. The Morgan fingerprint density at radius 3 is 1.38 bits per heavy atom. The summed E-state index contributed by atoms with van der Waals surface area (Å²) in [5.41, 5.74) is 15.9. The highest BCUT2D eigenvalue weighted by molar-refractivity contribution is 6.04. The zero-order chi connectivity index (χ0) is 40.3. The van der Waals surface area contributed by atoms with Crippen molar-refractivity contribution in [1.82, 2.24) is 38.7 Å². The van der Waals surface area contributed by atoms with E-state index in [1.54, 1.807) is 67.0 Å². The van der Waals surface area contributed by atoms with Gasteiger partial charge in [0, 0.05) is 37.4 Å². The highest BCUT2D eigenvalue weighted by Crippen LogP contribution is 2.27. The number of benzene rings is 2. The third-order valence-electron chi connectivity index (χ3n) is 9.29. The highest BCUT2D eigenvalue weighted by atomic mass is 16.5. The first kappa shape index (κ1) is 39.3. The van der Waals surface area contributed by atoms with Crippen LogP contribution in [-0.4, -0.2) is 87.7 Å². The second-order valence-electron chi connectivity index (χ2n) is 13.1. The highest BCUT2D eigenvalue weighted by Gasteiger charge is 2.29. The maximum atomic E-state index is 13.7. The number of nitrogens with one attached hydrogen (secondary N) is 2. The number of amides is 4. The molecule has 2 atom stereocenters. The lowest BCUT2D eigenvalue weighted by molar-refractivity contribution is -0.0788. The summed E-state index contributed by atoms with van der Waals surface area (Å²) in [5, 5.41) is 14.7. The summed E-state index contributed by atoms with van der Waals surface area (Å²) in [6.07, 6.45) is -1.33. The molecule has 4 heterocycles. The first-order valence-electron chi connectivity index (χ1n) is 18.4. The van der Waals surface area contributed by atoms with Gasteiger partial charge in [-0.15, -0.1) is 0 Å². The Labute approximate surface area is 322 Å². The molecule has 0 fully saturated rings. The molecule has 18 heteroatoms. The van der Waals surface area contributed by atoms with Crippen LogP contribution in [0.1, 0.15) is 80.8 Å². The van der Waals surface area contributed by atoms with Gasteiger partial charge < -0.3 is 30.1 Å². The van der Waals surface area contributed by atoms with E-state index in [2.05, 4.69) is 20.8 Å². The van der Waals surface area contributed by atoms with Gasteiger partial charge in [0.05, 0.1) is 46.5 Å². The van der Waals surface area contributed by atoms with Crippen molar-refractivity contribution in [3.8, 4) is 0 Å². The molecule has 0 bridgehead atoms. The number of ether oxygens (including phenoxy) is 2. The quantitative estimate of drug-likeness (QED) is 0.105. The molecule has 0 unspecified atom stereocenters. The fraction of sp³-hybridized carbons (Fsp3) is 0.368. The van der Waals surface area contributed by atoms with Gasteiger partial charge in [0.1, 0.15) is 23.6 Å². The molecule has 0 saturated carbocycles. The number of aryl methyl sites for hydroxylation is 4. The van der Waals surface area contributed by atoms with Gasteiger partial charge in [-0.1, -0.05) is 0 Å². The third-order valence-corrected chi connectivity index (χ3v) is 9.29. The lowest BCUT2D eigenvalue weighted by Crippen LogP contribution is -2.39. The minimum atomic E-state index is -0.665. The summed E-state index contributed by atoms with van der Waals surface area (Å²) in [6.45, 7) is 13.0. The third kappa shape index (κ3) is 8.01. The molecule has 4 amide bonds. The fourth-order valence-electron chi connectivity index (χ4n) is 6.74. The molecule has 56 heavy (non-hydrogen) atoms. The average molecular weight is 767 g/mol. The molecule has 18 nitrogen and oxygen atoms in total. The van der Waals surface area contributed by atoms with E-state index in [0.717, 1.165) is 0 Å². The van der Waals surface area contributed by atoms with Gasteiger partial charge >= 0.3 is 0 Å². The number of carbonyl (C=O) groups is 4. The SMILES string of the molecule is CCO[C@H](Cn1c(NC(=O)c2cc(C)nn2CC)nc2cc(C(N)=O)ccc21)[C@@H](Cn1c(NC(=O)c2cc(C)nn2CC)nc2cc(C(N)=O)ccc21)OCC. The van der Waals surface area contributed by atoms with Crippen molar-refractivity contribution in [3.05, 3.63) is 82.4 Å². The summed E-state index contributed by atoms with van der Waals surface area (Å²) in [7, 11) is 0. The molecule has 0 aliphatic heterocycles. The van der Waals surface area contributed by atoms with Crippen LogP contribution in [0.25, 0.3) is 22.1 Å². The topological polar surface area (TPSA) is 234 Å². The van der Waals surface area contributed by atoms with Gasteiger partial charge in [-0.3, -0.25) is 39.2 Å². The van der Waals surface area contributed by atoms with Crippen LogP contribution < -0.4 is 22.1 Å². The maximum Gasteiger partial charge on any atom is 0.276 e. The zero-order valence-electron chi connectivity index (χ0n) is 32.2. The number of primary amides is 2. The van der Waals surface area contributed by atoms with Crippen LogP contribution in [0.15, 0.2) is 48.5 Å². The number of aromatic nitrogens is 8. The minimum Gasteiger partial charge on any atom is -0.374 e. The first-order chi connectivity index (χ1) is 26.8. The van der Waals surface area contributed by atoms with Gasteiger partial charge in [-0.05, 0) is 90.1 Å². The van der Waals surface area contributed by atoms with Gasteiger partial charge in [0.15, 0.2) is 0 Å². The number of hydrogen-bond donors (Lipinski definition) is 4. The van der Waals surface area contributed by atoms with Crippen molar-refractivity contribution in [3.63, 3.8) is 0 Å². The van der Waals surface area contributed by atoms with Crippen molar-refractivity contribution in [1.29, 1.82) is 0 Å². The van der Waals surface area contributed by atoms with Crippen LogP contribution in [0.3, 0.4) is 0 Å². The Balaban J connectivity index is 1.41. The summed E-state index contributed by atoms with van der Waals surface area (Å²) in [4.78, 5) is 61.1. The van der Waals surface area contributed by atoms with Crippen molar-refractivity contribution >= 4 is 57.6 Å². The Morgan fingerprint density at radius 2 is 1.04 bits per heavy atom. The monoisotopic (exact) mass is 766 g/mol. The second kappa shape index (κ2) is 16.5. The van der Waals surface area contributed by atoms with Crippen LogP contribution in [-0.2, 0) is 35.7 Å². The molecule has 294 valence electrons. The molecule has 0 radical (unpaired) electrons. The van der Waals surface area contributed by atoms with Gasteiger partial charge in [-0.25, -0.2) is 9.97 Å². The van der Waals surface area contributed by atoms with E-state index in [0.29, 0.717) is 71.1 Å². The van der Waals surface area contributed by atoms with E-state index < -0.39 is 35.8 Å². The maximum absolute atomic E-state index is 13.7. The van der Waals surface area contributed by atoms with Crippen molar-refractivity contribution in [2.45, 2.75) is 79.9 Å². The van der Waals surface area contributed by atoms with Crippen LogP contribution in [0.4, 0.5) is 11.9 Å². The number of hydrogen-bond acceptors (Lipinski definition) is 10. The van der Waals surface area contributed by atoms with E-state index in [1.165, 1.54) is 0 Å². The molecular formula is C38H46N12O6. The molecule has 0 spiro atoms. The minimum absolute atomic E-state index is 0.141.